The molecule has 0 aromatic carbocycles. The van der Waals surface area contributed by atoms with E-state index >= 15 is 0 Å². The molecule has 1 N–H and O–H groups in total. The van der Waals surface area contributed by atoms with E-state index in [-0.39, 0.29) is 5.56 Å². The summed E-state index contributed by atoms with van der Waals surface area (Å²) >= 11 is 3.46. The van der Waals surface area contributed by atoms with E-state index in [0.29, 0.717) is 17.1 Å². The molecular formula is C15H23BrN4O. The molecule has 2 aliphatic carbocycles. The Hall–Kier alpha value is -0.880. The molecule has 2 fully saturated rings. The normalized spacial score (nSPS) is 18.5. The van der Waals surface area contributed by atoms with Gasteiger partial charge in [-0.2, -0.15) is 5.10 Å². The van der Waals surface area contributed by atoms with Crippen molar-refractivity contribution < 1.29 is 0 Å². The maximum absolute atomic E-state index is 12.3. The third kappa shape index (κ3) is 3.66. The minimum Gasteiger partial charge on any atom is -0.379 e. The lowest BCUT2D eigenvalue weighted by Gasteiger charge is -2.20. The quantitative estimate of drug-likeness (QED) is 0.815. The summed E-state index contributed by atoms with van der Waals surface area (Å²) < 4.78 is 2.14. The fourth-order valence-corrected chi connectivity index (χ4v) is 3.15. The van der Waals surface area contributed by atoms with Crippen molar-refractivity contribution in [3.05, 3.63) is 21.0 Å². The standard InChI is InChI=1S/C15H23BrN4O/c1-19(2)7-8-20-15(21)13(16)12(9-17-20)18-14(10-3-4-10)11-5-6-11/h9-11,14,18H,3-8H2,1-2H3. The predicted molar refractivity (Wildman–Crippen MR) is 87.6 cm³/mol. The lowest BCUT2D eigenvalue weighted by atomic mass is 10.1. The smallest absolute Gasteiger partial charge is 0.283 e. The Morgan fingerprint density at radius 3 is 2.52 bits per heavy atom. The molecule has 0 radical (unpaired) electrons. The summed E-state index contributed by atoms with van der Waals surface area (Å²) in [5.74, 6) is 1.58. The summed E-state index contributed by atoms with van der Waals surface area (Å²) in [6.45, 7) is 1.41. The van der Waals surface area contributed by atoms with E-state index in [1.807, 2.05) is 19.0 Å². The van der Waals surface area contributed by atoms with Gasteiger partial charge in [0.2, 0.25) is 0 Å². The van der Waals surface area contributed by atoms with Crippen molar-refractivity contribution in [2.45, 2.75) is 38.3 Å². The molecule has 6 heteroatoms. The van der Waals surface area contributed by atoms with E-state index in [1.165, 1.54) is 30.4 Å². The molecule has 3 rings (SSSR count). The molecule has 1 aromatic heterocycles. The van der Waals surface area contributed by atoms with Gasteiger partial charge in [0.1, 0.15) is 4.47 Å². The van der Waals surface area contributed by atoms with Gasteiger partial charge in [-0.1, -0.05) is 0 Å². The van der Waals surface area contributed by atoms with Gasteiger partial charge in [-0.25, -0.2) is 4.68 Å². The van der Waals surface area contributed by atoms with E-state index in [0.717, 1.165) is 24.1 Å². The number of nitrogens with zero attached hydrogens (tertiary/aromatic N) is 3. The summed E-state index contributed by atoms with van der Waals surface area (Å²) in [4.78, 5) is 14.4. The van der Waals surface area contributed by atoms with Crippen molar-refractivity contribution in [2.24, 2.45) is 11.8 Å². The highest BCUT2D eigenvalue weighted by Crippen LogP contribution is 2.46. The Kier molecular flexibility index (Phi) is 4.36. The van der Waals surface area contributed by atoms with Gasteiger partial charge in [0.15, 0.2) is 0 Å². The van der Waals surface area contributed by atoms with Crippen LogP contribution in [0.3, 0.4) is 0 Å². The third-order valence-electron chi connectivity index (χ3n) is 4.33. The molecule has 5 nitrogen and oxygen atoms in total. The lowest BCUT2D eigenvalue weighted by Crippen LogP contribution is -2.31. The fraction of sp³-hybridized carbons (Fsp3) is 0.733. The maximum atomic E-state index is 12.3. The van der Waals surface area contributed by atoms with E-state index in [4.69, 9.17) is 0 Å². The summed E-state index contributed by atoms with van der Waals surface area (Å²) in [6.07, 6.45) is 7.06. The van der Waals surface area contributed by atoms with Crippen LogP contribution in [0.2, 0.25) is 0 Å². The molecule has 0 saturated heterocycles. The zero-order valence-electron chi connectivity index (χ0n) is 12.7. The predicted octanol–water partition coefficient (Wildman–Crippen LogP) is 2.17. The summed E-state index contributed by atoms with van der Waals surface area (Å²) in [5, 5.41) is 7.88. The van der Waals surface area contributed by atoms with E-state index in [1.54, 1.807) is 6.20 Å². The second-order valence-corrected chi connectivity index (χ2v) is 7.34. The van der Waals surface area contributed by atoms with Crippen LogP contribution in [0, 0.1) is 11.8 Å². The monoisotopic (exact) mass is 354 g/mol. The summed E-state index contributed by atoms with van der Waals surface area (Å²) in [5.41, 5.74) is 0.803. The largest absolute Gasteiger partial charge is 0.379 e. The molecule has 21 heavy (non-hydrogen) atoms. The average molecular weight is 355 g/mol. The molecule has 2 aliphatic rings. The van der Waals surface area contributed by atoms with Gasteiger partial charge in [0, 0.05) is 12.6 Å². The van der Waals surface area contributed by atoms with E-state index in [9.17, 15) is 4.79 Å². The first-order valence-electron chi connectivity index (χ1n) is 7.73. The molecular weight excluding hydrogens is 332 g/mol. The van der Waals surface area contributed by atoms with Crippen LogP contribution in [-0.4, -0.2) is 41.4 Å². The summed E-state index contributed by atoms with van der Waals surface area (Å²) in [7, 11) is 3.98. The Bertz CT molecular complexity index is 551. The molecule has 2 saturated carbocycles. The second-order valence-electron chi connectivity index (χ2n) is 6.55. The van der Waals surface area contributed by atoms with E-state index < -0.39 is 0 Å². The molecule has 1 aromatic rings. The van der Waals surface area contributed by atoms with Crippen LogP contribution in [0.4, 0.5) is 5.69 Å². The van der Waals surface area contributed by atoms with Crippen LogP contribution >= 0.6 is 15.9 Å². The summed E-state index contributed by atoms with van der Waals surface area (Å²) in [6, 6.07) is 0.528. The lowest BCUT2D eigenvalue weighted by molar-refractivity contribution is 0.367. The van der Waals surface area contributed by atoms with Gasteiger partial charge in [-0.3, -0.25) is 4.79 Å². The van der Waals surface area contributed by atoms with Gasteiger partial charge in [0.25, 0.3) is 5.56 Å². The number of hydrogen-bond acceptors (Lipinski definition) is 4. The topological polar surface area (TPSA) is 50.2 Å². The first kappa shape index (κ1) is 15.0. The Morgan fingerprint density at radius 2 is 2.00 bits per heavy atom. The molecule has 0 bridgehead atoms. The average Bonchev–Trinajstić information content (AvgIpc) is 3.32. The second kappa shape index (κ2) is 6.08. The number of aromatic nitrogens is 2. The van der Waals surface area contributed by atoms with Gasteiger partial charge in [-0.15, -0.1) is 0 Å². The third-order valence-corrected chi connectivity index (χ3v) is 5.09. The minimum atomic E-state index is -0.0489. The van der Waals surface area contributed by atoms with Crippen molar-refractivity contribution in [1.29, 1.82) is 0 Å². The Morgan fingerprint density at radius 1 is 1.38 bits per heavy atom. The fourth-order valence-electron chi connectivity index (χ4n) is 2.73. The number of hydrogen-bond donors (Lipinski definition) is 1. The van der Waals surface area contributed by atoms with Crippen molar-refractivity contribution in [2.75, 3.05) is 26.0 Å². The first-order chi connectivity index (χ1) is 10.1. The highest BCUT2D eigenvalue weighted by atomic mass is 79.9. The van der Waals surface area contributed by atoms with Gasteiger partial charge < -0.3 is 10.2 Å². The molecule has 116 valence electrons. The van der Waals surface area contributed by atoms with E-state index in [2.05, 4.69) is 26.3 Å². The van der Waals surface area contributed by atoms with Gasteiger partial charge >= 0.3 is 0 Å². The molecule has 0 aliphatic heterocycles. The molecule has 0 atom stereocenters. The highest BCUT2D eigenvalue weighted by Gasteiger charge is 2.41. The zero-order chi connectivity index (χ0) is 15.0. The van der Waals surface area contributed by atoms with Crippen LogP contribution in [0.15, 0.2) is 15.5 Å². The van der Waals surface area contributed by atoms with Crippen LogP contribution < -0.4 is 10.9 Å². The van der Waals surface area contributed by atoms with Gasteiger partial charge in [-0.05, 0) is 67.5 Å². The number of halogens is 1. The number of anilines is 1. The van der Waals surface area contributed by atoms with Gasteiger partial charge in [0.05, 0.1) is 18.4 Å². The number of rotatable bonds is 7. The van der Waals surface area contributed by atoms with Crippen LogP contribution in [0.25, 0.3) is 0 Å². The van der Waals surface area contributed by atoms with Crippen molar-refractivity contribution in [3.8, 4) is 0 Å². The van der Waals surface area contributed by atoms with Crippen LogP contribution in [0.1, 0.15) is 25.7 Å². The molecule has 1 heterocycles. The van der Waals surface area contributed by atoms with Crippen LogP contribution in [-0.2, 0) is 6.54 Å². The van der Waals surface area contributed by atoms with Crippen molar-refractivity contribution in [1.82, 2.24) is 14.7 Å². The molecule has 0 unspecified atom stereocenters. The first-order valence-corrected chi connectivity index (χ1v) is 8.52. The molecule has 0 spiro atoms. The Balaban J connectivity index is 1.73. The Labute approximate surface area is 133 Å². The number of likely N-dealkylation sites (N-methyl/N-ethyl adjacent to an activating group) is 1. The number of nitrogens with one attached hydrogen (secondary N) is 1. The van der Waals surface area contributed by atoms with Crippen molar-refractivity contribution in [3.63, 3.8) is 0 Å². The SMILES string of the molecule is CN(C)CCn1ncc(NC(C2CC2)C2CC2)c(Br)c1=O. The minimum absolute atomic E-state index is 0.0489. The van der Waals surface area contributed by atoms with Crippen LogP contribution in [0.5, 0.6) is 0 Å². The zero-order valence-corrected chi connectivity index (χ0v) is 14.3. The van der Waals surface area contributed by atoms with Crippen molar-refractivity contribution >= 4 is 21.6 Å². The molecule has 0 amide bonds. The highest BCUT2D eigenvalue weighted by molar-refractivity contribution is 9.10. The maximum Gasteiger partial charge on any atom is 0.283 e.